The van der Waals surface area contributed by atoms with Gasteiger partial charge in [0, 0.05) is 18.0 Å². The molecular formula is C13H15N3O. The summed E-state index contributed by atoms with van der Waals surface area (Å²) in [6.07, 6.45) is 2.07. The summed E-state index contributed by atoms with van der Waals surface area (Å²) in [5, 5.41) is 13.9. The SMILES string of the molecule is OCC1CCCn2nc(-c3ccccc3)nc21. The molecule has 0 fully saturated rings. The Kier molecular flexibility index (Phi) is 2.65. The van der Waals surface area contributed by atoms with Crippen LogP contribution in [-0.2, 0) is 6.54 Å². The third-order valence-electron chi connectivity index (χ3n) is 3.24. The number of benzene rings is 1. The van der Waals surface area contributed by atoms with Crippen LogP contribution in [0.5, 0.6) is 0 Å². The summed E-state index contributed by atoms with van der Waals surface area (Å²) in [5.41, 5.74) is 1.03. The molecule has 0 amide bonds. The van der Waals surface area contributed by atoms with Gasteiger partial charge < -0.3 is 5.11 Å². The third-order valence-corrected chi connectivity index (χ3v) is 3.24. The molecule has 2 heterocycles. The maximum atomic E-state index is 9.34. The molecule has 1 aromatic carbocycles. The Balaban J connectivity index is 2.02. The normalized spacial score (nSPS) is 19.0. The molecule has 3 rings (SSSR count). The Hall–Kier alpha value is -1.68. The van der Waals surface area contributed by atoms with Gasteiger partial charge in [0.25, 0.3) is 0 Å². The maximum absolute atomic E-state index is 9.34. The molecule has 1 aliphatic heterocycles. The molecule has 1 aliphatic rings. The molecule has 17 heavy (non-hydrogen) atoms. The number of fused-ring (bicyclic) bond motifs is 1. The van der Waals surface area contributed by atoms with E-state index in [-0.39, 0.29) is 12.5 Å². The second-order valence-corrected chi connectivity index (χ2v) is 4.40. The van der Waals surface area contributed by atoms with Gasteiger partial charge in [-0.25, -0.2) is 9.67 Å². The summed E-state index contributed by atoms with van der Waals surface area (Å²) in [7, 11) is 0. The van der Waals surface area contributed by atoms with Crippen LogP contribution in [0.4, 0.5) is 0 Å². The van der Waals surface area contributed by atoms with Crippen molar-refractivity contribution in [3.63, 3.8) is 0 Å². The topological polar surface area (TPSA) is 50.9 Å². The van der Waals surface area contributed by atoms with E-state index in [2.05, 4.69) is 10.1 Å². The highest BCUT2D eigenvalue weighted by Crippen LogP contribution is 2.27. The number of rotatable bonds is 2. The van der Waals surface area contributed by atoms with Crippen molar-refractivity contribution < 1.29 is 5.11 Å². The van der Waals surface area contributed by atoms with Gasteiger partial charge in [0.1, 0.15) is 5.82 Å². The van der Waals surface area contributed by atoms with Gasteiger partial charge in [0.15, 0.2) is 5.82 Å². The van der Waals surface area contributed by atoms with E-state index in [0.717, 1.165) is 36.6 Å². The van der Waals surface area contributed by atoms with Crippen molar-refractivity contribution >= 4 is 0 Å². The van der Waals surface area contributed by atoms with Gasteiger partial charge in [-0.3, -0.25) is 0 Å². The minimum Gasteiger partial charge on any atom is -0.396 e. The minimum atomic E-state index is 0.147. The van der Waals surface area contributed by atoms with Gasteiger partial charge in [-0.05, 0) is 12.8 Å². The number of aryl methyl sites for hydroxylation is 1. The lowest BCUT2D eigenvalue weighted by molar-refractivity contribution is 0.234. The van der Waals surface area contributed by atoms with Crippen molar-refractivity contribution in [3.8, 4) is 11.4 Å². The molecule has 0 aliphatic carbocycles. The first kappa shape index (κ1) is 10.5. The molecule has 0 saturated carbocycles. The van der Waals surface area contributed by atoms with Crippen molar-refractivity contribution in [3.05, 3.63) is 36.2 Å². The van der Waals surface area contributed by atoms with Gasteiger partial charge in [-0.1, -0.05) is 30.3 Å². The van der Waals surface area contributed by atoms with E-state index >= 15 is 0 Å². The summed E-state index contributed by atoms with van der Waals surface area (Å²) in [4.78, 5) is 4.57. The second-order valence-electron chi connectivity index (χ2n) is 4.40. The van der Waals surface area contributed by atoms with E-state index in [1.54, 1.807) is 0 Å². The summed E-state index contributed by atoms with van der Waals surface area (Å²) >= 11 is 0. The number of hydrogen-bond acceptors (Lipinski definition) is 3. The fraction of sp³-hybridized carbons (Fsp3) is 0.385. The summed E-state index contributed by atoms with van der Waals surface area (Å²) < 4.78 is 1.94. The van der Waals surface area contributed by atoms with E-state index in [1.807, 2.05) is 35.0 Å². The molecule has 4 heteroatoms. The lowest BCUT2D eigenvalue weighted by atomic mass is 10.0. The summed E-state index contributed by atoms with van der Waals surface area (Å²) in [6.45, 7) is 1.07. The summed E-state index contributed by atoms with van der Waals surface area (Å²) in [6, 6.07) is 9.97. The minimum absolute atomic E-state index is 0.147. The van der Waals surface area contributed by atoms with Crippen LogP contribution in [0.15, 0.2) is 30.3 Å². The van der Waals surface area contributed by atoms with Crippen molar-refractivity contribution in [2.45, 2.75) is 25.3 Å². The largest absolute Gasteiger partial charge is 0.396 e. The Labute approximate surface area is 99.9 Å². The fourth-order valence-corrected chi connectivity index (χ4v) is 2.32. The zero-order chi connectivity index (χ0) is 11.7. The van der Waals surface area contributed by atoms with E-state index in [0.29, 0.717) is 0 Å². The molecular weight excluding hydrogens is 214 g/mol. The van der Waals surface area contributed by atoms with Crippen LogP contribution in [0.1, 0.15) is 24.6 Å². The molecule has 1 aromatic heterocycles. The smallest absolute Gasteiger partial charge is 0.181 e. The second kappa shape index (κ2) is 4.30. The molecule has 0 spiro atoms. The average Bonchev–Trinajstić information content (AvgIpc) is 2.83. The molecule has 2 aromatic rings. The predicted octanol–water partition coefficient (Wildman–Crippen LogP) is 1.81. The van der Waals surface area contributed by atoms with Crippen LogP contribution in [0, 0.1) is 0 Å². The number of aliphatic hydroxyl groups excluding tert-OH is 1. The standard InChI is InChI=1S/C13H15N3O/c17-9-11-7-4-8-16-13(11)14-12(15-16)10-5-2-1-3-6-10/h1-3,5-6,11,17H,4,7-9H2. The lowest BCUT2D eigenvalue weighted by Crippen LogP contribution is -2.19. The molecule has 0 saturated heterocycles. The predicted molar refractivity (Wildman–Crippen MR) is 64.5 cm³/mol. The highest BCUT2D eigenvalue weighted by Gasteiger charge is 2.23. The highest BCUT2D eigenvalue weighted by atomic mass is 16.3. The number of hydrogen-bond donors (Lipinski definition) is 1. The zero-order valence-corrected chi connectivity index (χ0v) is 9.58. The molecule has 0 radical (unpaired) electrons. The first-order valence-electron chi connectivity index (χ1n) is 5.99. The van der Waals surface area contributed by atoms with Crippen LogP contribution in [0.25, 0.3) is 11.4 Å². The van der Waals surface area contributed by atoms with Crippen molar-refractivity contribution in [2.75, 3.05) is 6.61 Å². The molecule has 88 valence electrons. The van der Waals surface area contributed by atoms with Crippen LogP contribution in [0.2, 0.25) is 0 Å². The van der Waals surface area contributed by atoms with E-state index in [9.17, 15) is 5.11 Å². The fourth-order valence-electron chi connectivity index (χ4n) is 2.32. The van der Waals surface area contributed by atoms with Crippen LogP contribution in [0.3, 0.4) is 0 Å². The van der Waals surface area contributed by atoms with Crippen LogP contribution >= 0.6 is 0 Å². The Bertz CT molecular complexity index is 507. The molecule has 4 nitrogen and oxygen atoms in total. The molecule has 1 unspecified atom stereocenters. The monoisotopic (exact) mass is 229 g/mol. The third kappa shape index (κ3) is 1.85. The highest BCUT2D eigenvalue weighted by molar-refractivity contribution is 5.54. The summed E-state index contributed by atoms with van der Waals surface area (Å²) in [5.74, 6) is 1.84. The molecule has 1 N–H and O–H groups in total. The average molecular weight is 229 g/mol. The van der Waals surface area contributed by atoms with Crippen LogP contribution < -0.4 is 0 Å². The Morgan fingerprint density at radius 1 is 1.29 bits per heavy atom. The quantitative estimate of drug-likeness (QED) is 0.854. The number of nitrogens with zero attached hydrogens (tertiary/aromatic N) is 3. The van der Waals surface area contributed by atoms with Crippen LogP contribution in [-0.4, -0.2) is 26.5 Å². The van der Waals surface area contributed by atoms with Gasteiger partial charge in [0.05, 0.1) is 6.61 Å². The van der Waals surface area contributed by atoms with E-state index < -0.39 is 0 Å². The van der Waals surface area contributed by atoms with Crippen molar-refractivity contribution in [1.29, 1.82) is 0 Å². The van der Waals surface area contributed by atoms with Gasteiger partial charge in [-0.2, -0.15) is 5.10 Å². The van der Waals surface area contributed by atoms with Crippen molar-refractivity contribution in [2.24, 2.45) is 0 Å². The first-order valence-corrected chi connectivity index (χ1v) is 5.99. The maximum Gasteiger partial charge on any atom is 0.181 e. The Morgan fingerprint density at radius 3 is 2.88 bits per heavy atom. The first-order chi connectivity index (χ1) is 8.38. The molecule has 1 atom stereocenters. The number of aliphatic hydroxyl groups is 1. The molecule has 0 bridgehead atoms. The lowest BCUT2D eigenvalue weighted by Gasteiger charge is -2.19. The number of aromatic nitrogens is 3. The zero-order valence-electron chi connectivity index (χ0n) is 9.58. The van der Waals surface area contributed by atoms with Gasteiger partial charge >= 0.3 is 0 Å². The Morgan fingerprint density at radius 2 is 2.12 bits per heavy atom. The van der Waals surface area contributed by atoms with Gasteiger partial charge in [-0.15, -0.1) is 0 Å². The van der Waals surface area contributed by atoms with Crippen molar-refractivity contribution in [1.82, 2.24) is 14.8 Å². The van der Waals surface area contributed by atoms with E-state index in [4.69, 9.17) is 0 Å². The van der Waals surface area contributed by atoms with E-state index in [1.165, 1.54) is 0 Å². The van der Waals surface area contributed by atoms with Gasteiger partial charge in [0.2, 0.25) is 0 Å².